The first-order chi connectivity index (χ1) is 23.8. The van der Waals surface area contributed by atoms with Gasteiger partial charge in [-0.15, -0.1) is 11.3 Å². The van der Waals surface area contributed by atoms with Gasteiger partial charge in [-0.05, 0) is 91.0 Å². The van der Waals surface area contributed by atoms with Crippen LogP contribution in [-0.2, 0) is 0 Å². The van der Waals surface area contributed by atoms with Gasteiger partial charge in [0.2, 0.25) is 0 Å². The molecule has 0 N–H and O–H groups in total. The summed E-state index contributed by atoms with van der Waals surface area (Å²) in [6.45, 7) is 0. The maximum absolute atomic E-state index is 2.44. The summed E-state index contributed by atoms with van der Waals surface area (Å²) in [5, 5.41) is 13.1. The number of thiophene rings is 1. The molecule has 48 heavy (non-hydrogen) atoms. The number of nitrogens with zero attached hydrogens (tertiary/aromatic N) is 1. The average Bonchev–Trinajstić information content (AvgIpc) is 3.68. The van der Waals surface area contributed by atoms with Gasteiger partial charge in [0.05, 0.1) is 11.0 Å². The highest BCUT2D eigenvalue weighted by molar-refractivity contribution is 7.25. The summed E-state index contributed by atoms with van der Waals surface area (Å²) in [6.07, 6.45) is 0. The second kappa shape index (κ2) is 9.78. The van der Waals surface area contributed by atoms with Crippen molar-refractivity contribution in [2.24, 2.45) is 0 Å². The van der Waals surface area contributed by atoms with Crippen LogP contribution < -0.4 is 0 Å². The number of hydrogen-bond acceptors (Lipinski definition) is 1. The molecule has 0 aliphatic rings. The molecule has 0 saturated carbocycles. The summed E-state index contributed by atoms with van der Waals surface area (Å²) in [5.41, 5.74) is 8.70. The maximum Gasteiger partial charge on any atom is 0.0555 e. The van der Waals surface area contributed by atoms with Gasteiger partial charge in [-0.2, -0.15) is 0 Å². The second-order valence-corrected chi connectivity index (χ2v) is 14.0. The topological polar surface area (TPSA) is 4.93 Å². The fourth-order valence-electron chi connectivity index (χ4n) is 8.18. The fraction of sp³-hybridized carbons (Fsp3) is 0. The highest BCUT2D eigenvalue weighted by Gasteiger charge is 2.17. The molecule has 0 bridgehead atoms. The van der Waals surface area contributed by atoms with Gasteiger partial charge in [0.25, 0.3) is 0 Å². The lowest BCUT2D eigenvalue weighted by molar-refractivity contribution is 1.18. The van der Waals surface area contributed by atoms with Crippen molar-refractivity contribution in [1.82, 2.24) is 4.57 Å². The number of para-hydroxylation sites is 1. The minimum absolute atomic E-state index is 1.18. The Kier molecular flexibility index (Phi) is 5.32. The van der Waals surface area contributed by atoms with E-state index in [0.29, 0.717) is 0 Å². The molecule has 2 heteroatoms. The van der Waals surface area contributed by atoms with E-state index in [1.54, 1.807) is 0 Å². The van der Waals surface area contributed by atoms with Crippen LogP contribution in [0, 0.1) is 0 Å². The zero-order valence-corrected chi connectivity index (χ0v) is 26.8. The van der Waals surface area contributed by atoms with Crippen molar-refractivity contribution in [1.29, 1.82) is 0 Å². The Morgan fingerprint density at radius 3 is 1.69 bits per heavy atom. The molecule has 2 aromatic heterocycles. The minimum Gasteiger partial charge on any atom is -0.309 e. The molecule has 9 aromatic carbocycles. The molecule has 11 rings (SSSR count). The lowest BCUT2D eigenvalue weighted by Gasteiger charge is -2.17. The van der Waals surface area contributed by atoms with E-state index in [4.69, 9.17) is 0 Å². The van der Waals surface area contributed by atoms with Crippen LogP contribution in [0.2, 0.25) is 0 Å². The first-order valence-corrected chi connectivity index (χ1v) is 17.3. The van der Waals surface area contributed by atoms with Crippen LogP contribution >= 0.6 is 11.3 Å². The smallest absolute Gasteiger partial charge is 0.0555 e. The van der Waals surface area contributed by atoms with Crippen LogP contribution in [0.5, 0.6) is 0 Å². The second-order valence-electron chi connectivity index (χ2n) is 12.9. The third-order valence-electron chi connectivity index (χ3n) is 10.4. The van der Waals surface area contributed by atoms with Gasteiger partial charge in [0.15, 0.2) is 0 Å². The molecule has 0 aliphatic carbocycles. The highest BCUT2D eigenvalue weighted by Crippen LogP contribution is 2.44. The summed E-state index contributed by atoms with van der Waals surface area (Å²) in [7, 11) is 0. The van der Waals surface area contributed by atoms with E-state index in [9.17, 15) is 0 Å². The maximum atomic E-state index is 2.44. The van der Waals surface area contributed by atoms with E-state index in [2.05, 4.69) is 168 Å². The molecule has 0 saturated heterocycles. The summed E-state index contributed by atoms with van der Waals surface area (Å²) in [5.74, 6) is 0. The molecule has 0 aliphatic heterocycles. The molecule has 0 unspecified atom stereocenters. The van der Waals surface area contributed by atoms with Gasteiger partial charge >= 0.3 is 0 Å². The Morgan fingerprint density at radius 2 is 0.958 bits per heavy atom. The molecule has 0 spiro atoms. The first kappa shape index (κ1) is 26.1. The van der Waals surface area contributed by atoms with Crippen molar-refractivity contribution in [3.05, 3.63) is 164 Å². The van der Waals surface area contributed by atoms with E-state index in [1.165, 1.54) is 102 Å². The SMILES string of the molecule is c1ccc(-c2ccc3ccc4c(-c5ccc(-n6c7ccccc7c7cc8c(cc76)sc6ccccc68)cc5)ccc5ccc2c3c54)cc1. The fourth-order valence-corrected chi connectivity index (χ4v) is 9.30. The van der Waals surface area contributed by atoms with Crippen LogP contribution in [0.1, 0.15) is 0 Å². The molecule has 0 atom stereocenters. The van der Waals surface area contributed by atoms with Crippen LogP contribution in [0.15, 0.2) is 164 Å². The Morgan fingerprint density at radius 1 is 0.354 bits per heavy atom. The average molecular weight is 626 g/mol. The van der Waals surface area contributed by atoms with E-state index in [0.717, 1.165) is 0 Å². The molecule has 222 valence electrons. The molecule has 11 aromatic rings. The van der Waals surface area contributed by atoms with Gasteiger partial charge < -0.3 is 4.57 Å². The van der Waals surface area contributed by atoms with Crippen molar-refractivity contribution < 1.29 is 0 Å². The highest BCUT2D eigenvalue weighted by atomic mass is 32.1. The van der Waals surface area contributed by atoms with Crippen molar-refractivity contribution >= 4 is 85.6 Å². The van der Waals surface area contributed by atoms with Crippen molar-refractivity contribution in [2.75, 3.05) is 0 Å². The lowest BCUT2D eigenvalue weighted by Crippen LogP contribution is -1.94. The predicted molar refractivity (Wildman–Crippen MR) is 208 cm³/mol. The molecule has 0 fully saturated rings. The summed E-state index contributed by atoms with van der Waals surface area (Å²) in [4.78, 5) is 0. The van der Waals surface area contributed by atoms with Gasteiger partial charge in [0, 0.05) is 36.6 Å². The Balaban J connectivity index is 1.10. The van der Waals surface area contributed by atoms with E-state index >= 15 is 0 Å². The minimum atomic E-state index is 1.18. The third-order valence-corrected chi connectivity index (χ3v) is 11.5. The Hall–Kier alpha value is -5.96. The Bertz CT molecular complexity index is 3030. The van der Waals surface area contributed by atoms with Gasteiger partial charge in [-0.3, -0.25) is 0 Å². The van der Waals surface area contributed by atoms with Crippen LogP contribution in [0.25, 0.3) is 102 Å². The lowest BCUT2D eigenvalue weighted by atomic mass is 9.87. The standard InChI is InChI=1S/C46H27NS/c1-2-8-28(9-3-1)33-22-16-30-19-25-38-34(23-17-31-18-24-37(33)45(30)46(31)38)29-14-20-32(21-15-29)47-41-12-6-4-10-35(41)39-26-40-36-11-5-7-13-43(36)48-44(40)27-42(39)47/h1-27H. The first-order valence-electron chi connectivity index (χ1n) is 16.5. The molecule has 0 amide bonds. The number of aromatic nitrogens is 1. The van der Waals surface area contributed by atoms with Crippen LogP contribution in [-0.4, -0.2) is 4.57 Å². The summed E-state index contributed by atoms with van der Waals surface area (Å²) >= 11 is 1.88. The third kappa shape index (κ3) is 3.61. The molecular weight excluding hydrogens is 599 g/mol. The number of rotatable bonds is 3. The zero-order chi connectivity index (χ0) is 31.3. The van der Waals surface area contributed by atoms with Crippen molar-refractivity contribution in [2.45, 2.75) is 0 Å². The Labute approximate surface area is 280 Å². The van der Waals surface area contributed by atoms with Crippen LogP contribution in [0.3, 0.4) is 0 Å². The van der Waals surface area contributed by atoms with Crippen molar-refractivity contribution in [3.8, 4) is 27.9 Å². The summed E-state index contributed by atoms with van der Waals surface area (Å²) < 4.78 is 5.10. The van der Waals surface area contributed by atoms with E-state index in [-0.39, 0.29) is 0 Å². The normalized spacial score (nSPS) is 12.2. The van der Waals surface area contributed by atoms with Gasteiger partial charge in [0.1, 0.15) is 0 Å². The molecule has 2 heterocycles. The zero-order valence-electron chi connectivity index (χ0n) is 25.9. The summed E-state index contributed by atoms with van der Waals surface area (Å²) in [6, 6.07) is 60.7. The van der Waals surface area contributed by atoms with Crippen LogP contribution in [0.4, 0.5) is 0 Å². The quantitative estimate of drug-likeness (QED) is 0.172. The molecule has 1 nitrogen and oxygen atoms in total. The molecular formula is C46H27NS. The van der Waals surface area contributed by atoms with E-state index < -0.39 is 0 Å². The monoisotopic (exact) mass is 625 g/mol. The van der Waals surface area contributed by atoms with Gasteiger partial charge in [-0.1, -0.05) is 127 Å². The molecule has 0 radical (unpaired) electrons. The predicted octanol–water partition coefficient (Wildman–Crippen LogP) is 13.4. The number of hydrogen-bond donors (Lipinski definition) is 0. The number of fused-ring (bicyclic) bond motifs is 6. The van der Waals surface area contributed by atoms with E-state index in [1.807, 2.05) is 11.3 Å². The van der Waals surface area contributed by atoms with Crippen molar-refractivity contribution in [3.63, 3.8) is 0 Å². The van der Waals surface area contributed by atoms with Gasteiger partial charge in [-0.25, -0.2) is 0 Å². The largest absolute Gasteiger partial charge is 0.309 e. The number of benzene rings is 9.